The molecule has 0 aromatic rings. The Morgan fingerprint density at radius 3 is 1.75 bits per heavy atom. The van der Waals surface area contributed by atoms with Gasteiger partial charge in [-0.05, 0) is 39.5 Å². The van der Waals surface area contributed by atoms with E-state index < -0.39 is 0 Å². The van der Waals surface area contributed by atoms with Crippen LogP contribution in [0.15, 0.2) is 22.3 Å². The Hall–Kier alpha value is -1.22. The molecule has 1 aliphatic heterocycles. The summed E-state index contributed by atoms with van der Waals surface area (Å²) in [5, 5.41) is 0. The Kier molecular flexibility index (Phi) is 3.63. The maximum atomic E-state index is 12.4. The maximum Gasteiger partial charge on any atom is 0.185 e. The first-order chi connectivity index (χ1) is 9.59. The second-order valence-electron chi connectivity index (χ2n) is 6.34. The Bertz CT molecular complexity index is 483. The number of hydrogen-bond acceptors (Lipinski definition) is 3. The summed E-state index contributed by atoms with van der Waals surface area (Å²) in [6.07, 6.45) is 6.71. The number of carbonyl (C=O) groups is 2. The molecule has 3 aliphatic rings. The SMILES string of the molecule is CC1=C(C)C(=O)C2=C(CCN(C3CCCC3)CC2)C1=O. The Balaban J connectivity index is 1.81. The van der Waals surface area contributed by atoms with Crippen LogP contribution in [0.25, 0.3) is 0 Å². The van der Waals surface area contributed by atoms with Crippen LogP contribution in [0.2, 0.25) is 0 Å². The molecule has 0 atom stereocenters. The summed E-state index contributed by atoms with van der Waals surface area (Å²) in [7, 11) is 0. The molecule has 2 aliphatic carbocycles. The van der Waals surface area contributed by atoms with Gasteiger partial charge in [0.05, 0.1) is 0 Å². The Labute approximate surface area is 120 Å². The van der Waals surface area contributed by atoms with E-state index in [1.807, 2.05) is 0 Å². The summed E-state index contributed by atoms with van der Waals surface area (Å²) in [4.78, 5) is 27.3. The summed E-state index contributed by atoms with van der Waals surface area (Å²) >= 11 is 0. The summed E-state index contributed by atoms with van der Waals surface area (Å²) < 4.78 is 0. The lowest BCUT2D eigenvalue weighted by atomic mass is 9.83. The van der Waals surface area contributed by atoms with Gasteiger partial charge in [-0.15, -0.1) is 0 Å². The molecule has 20 heavy (non-hydrogen) atoms. The van der Waals surface area contributed by atoms with Crippen molar-refractivity contribution in [2.75, 3.05) is 13.1 Å². The summed E-state index contributed by atoms with van der Waals surface area (Å²) in [5.41, 5.74) is 2.92. The first-order valence-electron chi connectivity index (χ1n) is 7.82. The van der Waals surface area contributed by atoms with E-state index in [0.717, 1.165) is 37.1 Å². The van der Waals surface area contributed by atoms with Crippen LogP contribution in [0.4, 0.5) is 0 Å². The minimum Gasteiger partial charge on any atom is -0.300 e. The quantitative estimate of drug-likeness (QED) is 0.689. The highest BCUT2D eigenvalue weighted by Crippen LogP contribution is 2.33. The average molecular weight is 273 g/mol. The largest absolute Gasteiger partial charge is 0.300 e. The normalized spacial score (nSPS) is 26.3. The van der Waals surface area contributed by atoms with Gasteiger partial charge in [-0.1, -0.05) is 12.8 Å². The van der Waals surface area contributed by atoms with Gasteiger partial charge in [0.15, 0.2) is 11.6 Å². The third-order valence-corrected chi connectivity index (χ3v) is 5.30. The Morgan fingerprint density at radius 2 is 1.30 bits per heavy atom. The van der Waals surface area contributed by atoms with Crippen LogP contribution in [0.5, 0.6) is 0 Å². The Morgan fingerprint density at radius 1 is 0.850 bits per heavy atom. The van der Waals surface area contributed by atoms with Crippen molar-refractivity contribution in [1.82, 2.24) is 4.90 Å². The van der Waals surface area contributed by atoms with Crippen molar-refractivity contribution >= 4 is 11.6 Å². The smallest absolute Gasteiger partial charge is 0.185 e. The van der Waals surface area contributed by atoms with Crippen molar-refractivity contribution in [3.8, 4) is 0 Å². The third-order valence-electron chi connectivity index (χ3n) is 5.30. The monoisotopic (exact) mass is 273 g/mol. The van der Waals surface area contributed by atoms with Crippen molar-refractivity contribution in [3.63, 3.8) is 0 Å². The fourth-order valence-electron chi connectivity index (χ4n) is 3.85. The lowest BCUT2D eigenvalue weighted by molar-refractivity contribution is -0.116. The predicted molar refractivity (Wildman–Crippen MR) is 78.5 cm³/mol. The van der Waals surface area contributed by atoms with E-state index in [2.05, 4.69) is 4.90 Å². The zero-order chi connectivity index (χ0) is 14.3. The van der Waals surface area contributed by atoms with E-state index in [0.29, 0.717) is 17.2 Å². The van der Waals surface area contributed by atoms with Gasteiger partial charge in [0.25, 0.3) is 0 Å². The molecule has 0 radical (unpaired) electrons. The van der Waals surface area contributed by atoms with E-state index in [9.17, 15) is 9.59 Å². The number of Topliss-reactive ketones (excluding diaryl/α,β-unsaturated/α-hetero) is 2. The summed E-state index contributed by atoms with van der Waals surface area (Å²) in [5.74, 6) is 0.232. The number of hydrogen-bond donors (Lipinski definition) is 0. The van der Waals surface area contributed by atoms with Gasteiger partial charge in [-0.3, -0.25) is 14.5 Å². The molecule has 3 rings (SSSR count). The highest BCUT2D eigenvalue weighted by atomic mass is 16.1. The molecule has 108 valence electrons. The van der Waals surface area contributed by atoms with Gasteiger partial charge in [0.2, 0.25) is 0 Å². The minimum absolute atomic E-state index is 0.116. The average Bonchev–Trinajstić information content (AvgIpc) is 2.89. The molecular formula is C17H23NO2. The highest BCUT2D eigenvalue weighted by Gasteiger charge is 2.33. The molecule has 3 nitrogen and oxygen atoms in total. The van der Waals surface area contributed by atoms with Crippen molar-refractivity contribution in [2.24, 2.45) is 0 Å². The van der Waals surface area contributed by atoms with Crippen LogP contribution in [-0.2, 0) is 9.59 Å². The van der Waals surface area contributed by atoms with Gasteiger partial charge < -0.3 is 0 Å². The molecular weight excluding hydrogens is 250 g/mol. The van der Waals surface area contributed by atoms with Crippen LogP contribution < -0.4 is 0 Å². The topological polar surface area (TPSA) is 37.4 Å². The second-order valence-corrected chi connectivity index (χ2v) is 6.34. The van der Waals surface area contributed by atoms with E-state index >= 15 is 0 Å². The number of nitrogens with zero attached hydrogens (tertiary/aromatic N) is 1. The van der Waals surface area contributed by atoms with Crippen molar-refractivity contribution < 1.29 is 9.59 Å². The second kappa shape index (κ2) is 5.28. The number of carbonyl (C=O) groups excluding carboxylic acids is 2. The van der Waals surface area contributed by atoms with Gasteiger partial charge in [0.1, 0.15) is 0 Å². The summed E-state index contributed by atoms with van der Waals surface area (Å²) in [6, 6.07) is 0.678. The van der Waals surface area contributed by atoms with Crippen molar-refractivity contribution in [3.05, 3.63) is 22.3 Å². The van der Waals surface area contributed by atoms with Crippen LogP contribution in [0, 0.1) is 0 Å². The standard InChI is InChI=1S/C17H23NO2/c1-11-12(2)17(20)15-8-10-18(13-5-3-4-6-13)9-7-14(15)16(11)19/h13H,3-10H2,1-2H3. The predicted octanol–water partition coefficient (Wildman–Crippen LogP) is 2.81. The number of rotatable bonds is 1. The molecule has 1 saturated carbocycles. The first kappa shape index (κ1) is 13.7. The number of ketones is 2. The fraction of sp³-hybridized carbons (Fsp3) is 0.647. The highest BCUT2D eigenvalue weighted by molar-refractivity contribution is 6.24. The lowest BCUT2D eigenvalue weighted by Crippen LogP contribution is -2.34. The maximum absolute atomic E-state index is 12.4. The van der Waals surface area contributed by atoms with Crippen LogP contribution in [0.3, 0.4) is 0 Å². The molecule has 0 aromatic heterocycles. The van der Waals surface area contributed by atoms with Crippen molar-refractivity contribution in [2.45, 2.75) is 58.4 Å². The van der Waals surface area contributed by atoms with Gasteiger partial charge in [-0.25, -0.2) is 0 Å². The first-order valence-corrected chi connectivity index (χ1v) is 7.82. The van der Waals surface area contributed by atoms with Crippen LogP contribution in [0.1, 0.15) is 52.4 Å². The molecule has 1 fully saturated rings. The zero-order valence-corrected chi connectivity index (χ0v) is 12.5. The molecule has 0 spiro atoms. The minimum atomic E-state index is 0.116. The van der Waals surface area contributed by atoms with Crippen LogP contribution >= 0.6 is 0 Å². The fourth-order valence-corrected chi connectivity index (χ4v) is 3.85. The van der Waals surface area contributed by atoms with E-state index in [1.54, 1.807) is 13.8 Å². The van der Waals surface area contributed by atoms with Gasteiger partial charge in [-0.2, -0.15) is 0 Å². The molecule has 0 bridgehead atoms. The molecule has 0 N–H and O–H groups in total. The molecule has 0 saturated heterocycles. The van der Waals surface area contributed by atoms with Gasteiger partial charge in [0, 0.05) is 41.4 Å². The lowest BCUT2D eigenvalue weighted by Gasteiger charge is -2.27. The van der Waals surface area contributed by atoms with E-state index in [1.165, 1.54) is 25.7 Å². The number of allylic oxidation sites excluding steroid dienone is 2. The molecule has 0 amide bonds. The molecule has 0 aromatic carbocycles. The van der Waals surface area contributed by atoms with E-state index in [-0.39, 0.29) is 11.6 Å². The zero-order valence-electron chi connectivity index (χ0n) is 12.5. The summed E-state index contributed by atoms with van der Waals surface area (Å²) in [6.45, 7) is 5.46. The molecule has 0 unspecified atom stereocenters. The van der Waals surface area contributed by atoms with Crippen LogP contribution in [-0.4, -0.2) is 35.6 Å². The van der Waals surface area contributed by atoms with E-state index in [4.69, 9.17) is 0 Å². The van der Waals surface area contributed by atoms with Crippen molar-refractivity contribution in [1.29, 1.82) is 0 Å². The molecule has 1 heterocycles. The van der Waals surface area contributed by atoms with Gasteiger partial charge >= 0.3 is 0 Å². The molecule has 3 heteroatoms. The third kappa shape index (κ3) is 2.18.